The second-order valence-corrected chi connectivity index (χ2v) is 6.95. The molecule has 0 radical (unpaired) electrons. The van der Waals surface area contributed by atoms with Crippen LogP contribution in [0, 0.1) is 0 Å². The molecule has 0 N–H and O–H groups in total. The van der Waals surface area contributed by atoms with Gasteiger partial charge in [0.25, 0.3) is 0 Å². The van der Waals surface area contributed by atoms with Crippen LogP contribution in [0.15, 0.2) is 84.0 Å². The minimum absolute atomic E-state index is 0.149. The average molecular weight is 361 g/mol. The van der Waals surface area contributed by atoms with Gasteiger partial charge in [0.15, 0.2) is 0 Å². The first-order valence-electron chi connectivity index (χ1n) is 8.72. The molecule has 0 aliphatic carbocycles. The van der Waals surface area contributed by atoms with E-state index in [0.717, 1.165) is 29.0 Å². The number of benzene rings is 3. The fourth-order valence-electron chi connectivity index (χ4n) is 3.72. The monoisotopic (exact) mass is 360 g/mol. The Hall–Kier alpha value is -2.78. The van der Waals surface area contributed by atoms with Crippen molar-refractivity contribution in [1.82, 2.24) is 5.01 Å². The van der Waals surface area contributed by atoms with E-state index >= 15 is 0 Å². The quantitative estimate of drug-likeness (QED) is 0.595. The lowest BCUT2D eigenvalue weighted by Crippen LogP contribution is -2.33. The molecule has 0 unspecified atom stereocenters. The van der Waals surface area contributed by atoms with Crippen LogP contribution in [0.5, 0.6) is 5.75 Å². The van der Waals surface area contributed by atoms with Crippen LogP contribution in [0.1, 0.15) is 35.4 Å². The molecule has 128 valence electrons. The van der Waals surface area contributed by atoms with Crippen molar-refractivity contribution < 1.29 is 4.74 Å². The van der Waals surface area contributed by atoms with Crippen LogP contribution in [-0.4, -0.2) is 10.7 Å². The largest absolute Gasteiger partial charge is 0.464 e. The Kier molecular flexibility index (Phi) is 3.68. The molecule has 26 heavy (non-hydrogen) atoms. The highest BCUT2D eigenvalue weighted by Crippen LogP contribution is 2.48. The van der Waals surface area contributed by atoms with E-state index in [1.807, 2.05) is 54.6 Å². The van der Waals surface area contributed by atoms with E-state index in [1.54, 1.807) is 0 Å². The van der Waals surface area contributed by atoms with Crippen LogP contribution in [0.4, 0.5) is 0 Å². The SMILES string of the molecule is Clc1ccccc1[C@@H]1Oc2ccccc2[C@H]2CC(c3ccccc3)=NN21. The van der Waals surface area contributed by atoms with E-state index in [-0.39, 0.29) is 12.3 Å². The highest BCUT2D eigenvalue weighted by Gasteiger charge is 2.41. The molecule has 3 aromatic rings. The maximum atomic E-state index is 6.47. The molecule has 2 aliphatic heterocycles. The summed E-state index contributed by atoms with van der Waals surface area (Å²) < 4.78 is 6.33. The van der Waals surface area contributed by atoms with Gasteiger partial charge in [0, 0.05) is 22.6 Å². The van der Waals surface area contributed by atoms with Gasteiger partial charge in [-0.05, 0) is 17.7 Å². The van der Waals surface area contributed by atoms with Crippen LogP contribution < -0.4 is 4.74 Å². The zero-order chi connectivity index (χ0) is 17.5. The predicted octanol–water partition coefficient (Wildman–Crippen LogP) is 5.58. The molecule has 5 rings (SSSR count). The highest BCUT2D eigenvalue weighted by atomic mass is 35.5. The summed E-state index contributed by atoms with van der Waals surface area (Å²) in [5.41, 5.74) is 4.34. The van der Waals surface area contributed by atoms with Gasteiger partial charge in [-0.1, -0.05) is 78.3 Å². The standard InChI is InChI=1S/C22H17ClN2O/c23-18-12-6-4-10-16(18)22-25-20(17-11-5-7-13-21(17)26-22)14-19(24-25)15-8-2-1-3-9-15/h1-13,20,22H,14H2/t20-,22+/m1/s1. The van der Waals surface area contributed by atoms with Gasteiger partial charge in [-0.2, -0.15) is 5.10 Å². The van der Waals surface area contributed by atoms with Gasteiger partial charge < -0.3 is 4.74 Å². The number of hydrogen-bond donors (Lipinski definition) is 0. The molecule has 0 amide bonds. The highest BCUT2D eigenvalue weighted by molar-refractivity contribution is 6.31. The van der Waals surface area contributed by atoms with Crippen LogP contribution in [0.3, 0.4) is 0 Å². The normalized spacial score (nSPS) is 20.8. The van der Waals surface area contributed by atoms with Crippen LogP contribution in [-0.2, 0) is 0 Å². The molecule has 3 aromatic carbocycles. The van der Waals surface area contributed by atoms with Crippen molar-refractivity contribution in [2.75, 3.05) is 0 Å². The molecule has 0 saturated heterocycles. The van der Waals surface area contributed by atoms with E-state index in [1.165, 1.54) is 5.56 Å². The Balaban J connectivity index is 1.63. The molecular formula is C22H17ClN2O. The molecule has 2 atom stereocenters. The molecule has 2 heterocycles. The van der Waals surface area contributed by atoms with Crippen molar-refractivity contribution in [1.29, 1.82) is 0 Å². The molecule has 0 bridgehead atoms. The van der Waals surface area contributed by atoms with E-state index in [0.29, 0.717) is 5.02 Å². The van der Waals surface area contributed by atoms with Crippen molar-refractivity contribution in [2.45, 2.75) is 18.7 Å². The third-order valence-electron chi connectivity index (χ3n) is 4.98. The first-order valence-corrected chi connectivity index (χ1v) is 9.10. The smallest absolute Gasteiger partial charge is 0.215 e. The summed E-state index contributed by atoms with van der Waals surface area (Å²) in [7, 11) is 0. The Morgan fingerprint density at radius 1 is 0.846 bits per heavy atom. The summed E-state index contributed by atoms with van der Waals surface area (Å²) in [6.45, 7) is 0. The summed E-state index contributed by atoms with van der Waals surface area (Å²) in [6, 6.07) is 26.5. The number of para-hydroxylation sites is 1. The number of fused-ring (bicyclic) bond motifs is 3. The maximum Gasteiger partial charge on any atom is 0.215 e. The van der Waals surface area contributed by atoms with E-state index in [9.17, 15) is 0 Å². The molecular weight excluding hydrogens is 344 g/mol. The predicted molar refractivity (Wildman–Crippen MR) is 103 cm³/mol. The van der Waals surface area contributed by atoms with Crippen LogP contribution in [0.2, 0.25) is 5.02 Å². The van der Waals surface area contributed by atoms with Crippen LogP contribution >= 0.6 is 11.6 Å². The topological polar surface area (TPSA) is 24.8 Å². The lowest BCUT2D eigenvalue weighted by atomic mass is 9.96. The van der Waals surface area contributed by atoms with Crippen molar-refractivity contribution >= 4 is 17.3 Å². The molecule has 2 aliphatic rings. The van der Waals surface area contributed by atoms with Gasteiger partial charge in [-0.15, -0.1) is 0 Å². The number of rotatable bonds is 2. The maximum absolute atomic E-state index is 6.47. The summed E-state index contributed by atoms with van der Waals surface area (Å²) in [4.78, 5) is 0. The Labute approximate surface area is 157 Å². The molecule has 0 saturated carbocycles. The Morgan fingerprint density at radius 3 is 2.35 bits per heavy atom. The second kappa shape index (κ2) is 6.19. The zero-order valence-corrected chi connectivity index (χ0v) is 14.8. The number of ether oxygens (including phenoxy) is 1. The molecule has 0 aromatic heterocycles. The zero-order valence-electron chi connectivity index (χ0n) is 14.0. The first-order chi connectivity index (χ1) is 12.8. The fraction of sp³-hybridized carbons (Fsp3) is 0.136. The van der Waals surface area contributed by atoms with Gasteiger partial charge in [-0.3, -0.25) is 0 Å². The molecule has 3 nitrogen and oxygen atoms in total. The third kappa shape index (κ3) is 2.47. The van der Waals surface area contributed by atoms with Gasteiger partial charge in [0.1, 0.15) is 5.75 Å². The summed E-state index contributed by atoms with van der Waals surface area (Å²) in [6.07, 6.45) is 0.524. The van der Waals surface area contributed by atoms with Gasteiger partial charge in [0.05, 0.1) is 11.8 Å². The lowest BCUT2D eigenvalue weighted by Gasteiger charge is -2.38. The minimum Gasteiger partial charge on any atom is -0.464 e. The average Bonchev–Trinajstić information content (AvgIpc) is 3.14. The number of halogens is 1. The first kappa shape index (κ1) is 15.5. The second-order valence-electron chi connectivity index (χ2n) is 6.54. The summed E-state index contributed by atoms with van der Waals surface area (Å²) in [5.74, 6) is 0.906. The summed E-state index contributed by atoms with van der Waals surface area (Å²) >= 11 is 6.47. The van der Waals surface area contributed by atoms with Gasteiger partial charge in [0.2, 0.25) is 6.23 Å². The fourth-order valence-corrected chi connectivity index (χ4v) is 3.95. The molecule has 0 fully saturated rings. The molecule has 0 spiro atoms. The van der Waals surface area contributed by atoms with E-state index in [2.05, 4.69) is 29.3 Å². The van der Waals surface area contributed by atoms with E-state index in [4.69, 9.17) is 21.4 Å². The molecule has 4 heteroatoms. The van der Waals surface area contributed by atoms with Gasteiger partial charge >= 0.3 is 0 Å². The van der Waals surface area contributed by atoms with Crippen molar-refractivity contribution in [3.63, 3.8) is 0 Å². The number of hydrazone groups is 1. The summed E-state index contributed by atoms with van der Waals surface area (Å²) in [5, 5.41) is 7.70. The third-order valence-corrected chi connectivity index (χ3v) is 5.32. The Bertz CT molecular complexity index is 986. The van der Waals surface area contributed by atoms with Gasteiger partial charge in [-0.25, -0.2) is 5.01 Å². The van der Waals surface area contributed by atoms with Crippen molar-refractivity contribution in [2.24, 2.45) is 5.10 Å². The lowest BCUT2D eigenvalue weighted by molar-refractivity contribution is -0.0189. The van der Waals surface area contributed by atoms with Crippen molar-refractivity contribution in [3.8, 4) is 5.75 Å². The number of nitrogens with zero attached hydrogens (tertiary/aromatic N) is 2. The van der Waals surface area contributed by atoms with E-state index < -0.39 is 0 Å². The van der Waals surface area contributed by atoms with Crippen LogP contribution in [0.25, 0.3) is 0 Å². The number of hydrogen-bond acceptors (Lipinski definition) is 3. The minimum atomic E-state index is -0.329. The van der Waals surface area contributed by atoms with Crippen molar-refractivity contribution in [3.05, 3.63) is 101 Å². The Morgan fingerprint density at radius 2 is 1.54 bits per heavy atom.